The maximum atomic E-state index is 13.5. The van der Waals surface area contributed by atoms with Crippen molar-refractivity contribution >= 4 is 21.6 Å². The highest BCUT2D eigenvalue weighted by atomic mass is 79.9. The number of rotatable bonds is 4. The van der Waals surface area contributed by atoms with E-state index in [0.29, 0.717) is 16.6 Å². The lowest BCUT2D eigenvalue weighted by Crippen LogP contribution is -2.29. The molecular weight excluding hydrogens is 295 g/mol. The number of anilines is 1. The maximum Gasteiger partial charge on any atom is 0.139 e. The lowest BCUT2D eigenvalue weighted by molar-refractivity contribution is 0.523. The van der Waals surface area contributed by atoms with E-state index in [1.165, 1.54) is 12.8 Å². The van der Waals surface area contributed by atoms with E-state index in [2.05, 4.69) is 33.5 Å². The van der Waals surface area contributed by atoms with Gasteiger partial charge in [0.1, 0.15) is 5.82 Å². The smallest absolute Gasteiger partial charge is 0.139 e. The van der Waals surface area contributed by atoms with E-state index in [1.807, 2.05) is 13.0 Å². The van der Waals surface area contributed by atoms with Crippen LogP contribution in [0, 0.1) is 12.7 Å². The van der Waals surface area contributed by atoms with Crippen LogP contribution >= 0.6 is 15.9 Å². The van der Waals surface area contributed by atoms with E-state index in [4.69, 9.17) is 0 Å². The zero-order valence-electron chi connectivity index (χ0n) is 10.9. The third kappa shape index (κ3) is 3.45. The second kappa shape index (κ2) is 6.02. The molecule has 1 aliphatic heterocycles. The minimum atomic E-state index is -0.214. The Morgan fingerprint density at radius 3 is 3.00 bits per heavy atom. The molecule has 2 rings (SSSR count). The first kappa shape index (κ1) is 13.8. The molecule has 0 amide bonds. The van der Waals surface area contributed by atoms with Gasteiger partial charge in [0, 0.05) is 17.8 Å². The molecule has 2 N–H and O–H groups in total. The fourth-order valence-electron chi connectivity index (χ4n) is 2.51. The van der Waals surface area contributed by atoms with Crippen LogP contribution in [-0.4, -0.2) is 18.6 Å². The largest absolute Gasteiger partial charge is 0.382 e. The van der Waals surface area contributed by atoms with Crippen molar-refractivity contribution in [3.63, 3.8) is 0 Å². The molecule has 1 heterocycles. The molecule has 0 radical (unpaired) electrons. The van der Waals surface area contributed by atoms with Crippen molar-refractivity contribution < 1.29 is 4.39 Å². The first-order chi connectivity index (χ1) is 8.56. The molecule has 2 atom stereocenters. The second-order valence-electron chi connectivity index (χ2n) is 5.16. The average molecular weight is 315 g/mol. The standard InChI is InChI=1S/C14H20BrFN2/c1-9-6-12(15)13(16)8-14(9)18-10(2)7-11-4-3-5-17-11/h6,8,10-11,17-18H,3-5,7H2,1-2H3. The summed E-state index contributed by atoms with van der Waals surface area (Å²) < 4.78 is 14.0. The molecule has 0 saturated carbocycles. The van der Waals surface area contributed by atoms with Gasteiger partial charge in [-0.15, -0.1) is 0 Å². The van der Waals surface area contributed by atoms with Crippen LogP contribution < -0.4 is 10.6 Å². The predicted molar refractivity (Wildman–Crippen MR) is 77.6 cm³/mol. The second-order valence-corrected chi connectivity index (χ2v) is 6.01. The fourth-order valence-corrected chi connectivity index (χ4v) is 2.97. The van der Waals surface area contributed by atoms with Crippen molar-refractivity contribution in [3.05, 3.63) is 28.0 Å². The van der Waals surface area contributed by atoms with E-state index in [1.54, 1.807) is 6.07 Å². The van der Waals surface area contributed by atoms with Gasteiger partial charge in [-0.25, -0.2) is 4.39 Å². The SMILES string of the molecule is Cc1cc(Br)c(F)cc1NC(C)CC1CCCN1. The third-order valence-corrected chi connectivity index (χ3v) is 4.08. The van der Waals surface area contributed by atoms with Crippen LogP contribution in [0.4, 0.5) is 10.1 Å². The Labute approximate surface area is 116 Å². The third-order valence-electron chi connectivity index (χ3n) is 3.47. The van der Waals surface area contributed by atoms with Crippen molar-refractivity contribution in [2.45, 2.75) is 45.2 Å². The molecule has 1 aliphatic rings. The normalized spacial score (nSPS) is 21.0. The molecule has 1 aromatic rings. The molecule has 2 unspecified atom stereocenters. The number of aryl methyl sites for hydroxylation is 1. The van der Waals surface area contributed by atoms with Crippen molar-refractivity contribution in [2.75, 3.05) is 11.9 Å². The van der Waals surface area contributed by atoms with E-state index < -0.39 is 0 Å². The maximum absolute atomic E-state index is 13.5. The van der Waals surface area contributed by atoms with Gasteiger partial charge in [0.05, 0.1) is 4.47 Å². The van der Waals surface area contributed by atoms with Crippen LogP contribution in [0.3, 0.4) is 0 Å². The number of benzene rings is 1. The highest BCUT2D eigenvalue weighted by Gasteiger charge is 2.17. The number of nitrogens with one attached hydrogen (secondary N) is 2. The zero-order chi connectivity index (χ0) is 13.1. The van der Waals surface area contributed by atoms with E-state index in [0.717, 1.165) is 24.2 Å². The van der Waals surface area contributed by atoms with Crippen LogP contribution in [-0.2, 0) is 0 Å². The van der Waals surface area contributed by atoms with E-state index in [9.17, 15) is 4.39 Å². The van der Waals surface area contributed by atoms with Crippen molar-refractivity contribution in [1.82, 2.24) is 5.32 Å². The predicted octanol–water partition coefficient (Wildman–Crippen LogP) is 3.84. The van der Waals surface area contributed by atoms with Crippen LogP contribution in [0.15, 0.2) is 16.6 Å². The summed E-state index contributed by atoms with van der Waals surface area (Å²) in [5.74, 6) is -0.214. The lowest BCUT2D eigenvalue weighted by Gasteiger charge is -2.20. The van der Waals surface area contributed by atoms with Crippen molar-refractivity contribution in [3.8, 4) is 0 Å². The van der Waals surface area contributed by atoms with Gasteiger partial charge in [-0.1, -0.05) is 0 Å². The fraction of sp³-hybridized carbons (Fsp3) is 0.571. The van der Waals surface area contributed by atoms with Crippen molar-refractivity contribution in [2.24, 2.45) is 0 Å². The molecule has 2 nitrogen and oxygen atoms in total. The molecule has 1 saturated heterocycles. The molecule has 1 fully saturated rings. The van der Waals surface area contributed by atoms with Gasteiger partial charge in [-0.05, 0) is 73.3 Å². The summed E-state index contributed by atoms with van der Waals surface area (Å²) >= 11 is 3.20. The molecule has 1 aromatic carbocycles. The number of hydrogen-bond donors (Lipinski definition) is 2. The highest BCUT2D eigenvalue weighted by Crippen LogP contribution is 2.25. The summed E-state index contributed by atoms with van der Waals surface area (Å²) in [5, 5.41) is 6.89. The molecule has 0 aliphatic carbocycles. The summed E-state index contributed by atoms with van der Waals surface area (Å²) in [4.78, 5) is 0. The van der Waals surface area contributed by atoms with Gasteiger partial charge in [0.2, 0.25) is 0 Å². The quantitative estimate of drug-likeness (QED) is 0.882. The van der Waals surface area contributed by atoms with Gasteiger partial charge >= 0.3 is 0 Å². The van der Waals surface area contributed by atoms with Crippen LogP contribution in [0.2, 0.25) is 0 Å². The van der Waals surface area contributed by atoms with E-state index >= 15 is 0 Å². The Hall–Kier alpha value is -0.610. The van der Waals surface area contributed by atoms with Gasteiger partial charge in [-0.3, -0.25) is 0 Å². The molecule has 0 spiro atoms. The van der Waals surface area contributed by atoms with E-state index in [-0.39, 0.29) is 5.82 Å². The van der Waals surface area contributed by atoms with Crippen molar-refractivity contribution in [1.29, 1.82) is 0 Å². The minimum Gasteiger partial charge on any atom is -0.382 e. The Morgan fingerprint density at radius 1 is 1.56 bits per heavy atom. The molecule has 100 valence electrons. The van der Waals surface area contributed by atoms with Crippen LogP contribution in [0.1, 0.15) is 31.7 Å². The van der Waals surface area contributed by atoms with Gasteiger partial charge in [-0.2, -0.15) is 0 Å². The number of halogens is 2. The van der Waals surface area contributed by atoms with Gasteiger partial charge < -0.3 is 10.6 Å². The van der Waals surface area contributed by atoms with Gasteiger partial charge in [0.25, 0.3) is 0 Å². The monoisotopic (exact) mass is 314 g/mol. The Kier molecular flexibility index (Phi) is 4.62. The zero-order valence-corrected chi connectivity index (χ0v) is 12.5. The summed E-state index contributed by atoms with van der Waals surface area (Å²) in [5.41, 5.74) is 1.95. The average Bonchev–Trinajstić information content (AvgIpc) is 2.78. The Bertz CT molecular complexity index is 417. The minimum absolute atomic E-state index is 0.214. The van der Waals surface area contributed by atoms with Gasteiger partial charge in [0.15, 0.2) is 0 Å². The topological polar surface area (TPSA) is 24.1 Å². The molecule has 18 heavy (non-hydrogen) atoms. The Balaban J connectivity index is 1.97. The highest BCUT2D eigenvalue weighted by molar-refractivity contribution is 9.10. The molecule has 4 heteroatoms. The summed E-state index contributed by atoms with van der Waals surface area (Å²) in [7, 11) is 0. The summed E-state index contributed by atoms with van der Waals surface area (Å²) in [6.45, 7) is 5.27. The summed E-state index contributed by atoms with van der Waals surface area (Å²) in [6, 6.07) is 4.34. The molecule has 0 aromatic heterocycles. The van der Waals surface area contributed by atoms with Crippen LogP contribution in [0.25, 0.3) is 0 Å². The number of hydrogen-bond acceptors (Lipinski definition) is 2. The lowest BCUT2D eigenvalue weighted by atomic mass is 10.1. The molecule has 0 bridgehead atoms. The molecular formula is C14H20BrFN2. The first-order valence-corrected chi connectivity index (χ1v) is 7.31. The summed E-state index contributed by atoms with van der Waals surface area (Å²) in [6.07, 6.45) is 3.60. The Morgan fingerprint density at radius 2 is 2.33 bits per heavy atom. The van der Waals surface area contributed by atoms with Crippen LogP contribution in [0.5, 0.6) is 0 Å². The first-order valence-electron chi connectivity index (χ1n) is 6.52.